The molecule has 1 saturated carbocycles. The first-order valence-electron chi connectivity index (χ1n) is 5.74. The average molecular weight is 268 g/mol. The van der Waals surface area contributed by atoms with Crippen LogP contribution in [-0.2, 0) is 16.5 Å². The van der Waals surface area contributed by atoms with Crippen molar-refractivity contribution in [3.8, 4) is 6.07 Å². The van der Waals surface area contributed by atoms with Crippen molar-refractivity contribution in [2.75, 3.05) is 0 Å². The maximum Gasteiger partial charge on any atom is 0.416 e. The number of rotatable bonds is 3. The summed E-state index contributed by atoms with van der Waals surface area (Å²) in [6, 6.07) is 6.90. The largest absolute Gasteiger partial charge is 0.416 e. The van der Waals surface area contributed by atoms with Gasteiger partial charge in [0.15, 0.2) is 0 Å². The van der Waals surface area contributed by atoms with Crippen LogP contribution in [0.4, 0.5) is 13.2 Å². The van der Waals surface area contributed by atoms with Crippen LogP contribution in [0, 0.1) is 11.3 Å². The van der Waals surface area contributed by atoms with E-state index in [1.54, 1.807) is 6.07 Å². The third-order valence-electron chi connectivity index (χ3n) is 3.12. The fraction of sp³-hybridized carbons (Fsp3) is 0.385. The molecule has 0 aromatic heterocycles. The highest BCUT2D eigenvalue weighted by Crippen LogP contribution is 2.49. The number of nitrogens with one attached hydrogen (secondary N) is 1. The Balaban J connectivity index is 2.32. The Morgan fingerprint density at radius 2 is 2.00 bits per heavy atom. The van der Waals surface area contributed by atoms with Crippen molar-refractivity contribution in [3.05, 3.63) is 35.4 Å². The minimum absolute atomic E-state index is 0.0776. The molecule has 19 heavy (non-hydrogen) atoms. The molecule has 1 aliphatic rings. The van der Waals surface area contributed by atoms with Crippen LogP contribution in [0.3, 0.4) is 0 Å². The zero-order valence-electron chi connectivity index (χ0n) is 9.92. The number of alkyl halides is 3. The second-order valence-corrected chi connectivity index (χ2v) is 4.51. The summed E-state index contributed by atoms with van der Waals surface area (Å²) in [7, 11) is 0. The quantitative estimate of drug-likeness (QED) is 0.916. The van der Waals surface area contributed by atoms with Crippen molar-refractivity contribution in [2.45, 2.75) is 31.0 Å². The van der Waals surface area contributed by atoms with E-state index in [-0.39, 0.29) is 12.0 Å². The molecule has 1 aliphatic carbocycles. The first-order chi connectivity index (χ1) is 8.89. The lowest BCUT2D eigenvalue weighted by atomic mass is 9.97. The molecule has 1 fully saturated rings. The van der Waals surface area contributed by atoms with Gasteiger partial charge in [-0.1, -0.05) is 18.2 Å². The Morgan fingerprint density at radius 1 is 1.37 bits per heavy atom. The highest BCUT2D eigenvalue weighted by atomic mass is 19.4. The Kier molecular flexibility index (Phi) is 3.23. The van der Waals surface area contributed by atoms with Gasteiger partial charge in [0.1, 0.15) is 6.42 Å². The van der Waals surface area contributed by atoms with Gasteiger partial charge in [-0.3, -0.25) is 4.79 Å². The number of halogens is 3. The summed E-state index contributed by atoms with van der Waals surface area (Å²) in [6.45, 7) is 0. The molecule has 0 spiro atoms. The van der Waals surface area contributed by atoms with Crippen LogP contribution in [0.1, 0.15) is 30.4 Å². The first-order valence-corrected chi connectivity index (χ1v) is 5.74. The van der Waals surface area contributed by atoms with Gasteiger partial charge >= 0.3 is 6.18 Å². The number of hydrogen-bond donors (Lipinski definition) is 1. The summed E-state index contributed by atoms with van der Waals surface area (Å²) in [4.78, 5) is 11.4. The smallest absolute Gasteiger partial charge is 0.346 e. The maximum atomic E-state index is 12.9. The van der Waals surface area contributed by atoms with Gasteiger partial charge in [-0.15, -0.1) is 0 Å². The van der Waals surface area contributed by atoms with Crippen LogP contribution in [-0.4, -0.2) is 5.91 Å². The second kappa shape index (κ2) is 4.57. The van der Waals surface area contributed by atoms with E-state index in [0.29, 0.717) is 12.8 Å². The molecule has 0 heterocycles. The molecule has 0 radical (unpaired) electrons. The fourth-order valence-corrected chi connectivity index (χ4v) is 2.12. The van der Waals surface area contributed by atoms with Gasteiger partial charge in [-0.05, 0) is 24.5 Å². The lowest BCUT2D eigenvalue weighted by molar-refractivity contribution is -0.139. The minimum atomic E-state index is -4.45. The number of amides is 1. The highest BCUT2D eigenvalue weighted by Gasteiger charge is 2.50. The zero-order chi connectivity index (χ0) is 14.1. The molecule has 100 valence electrons. The average Bonchev–Trinajstić information content (AvgIpc) is 3.09. The first kappa shape index (κ1) is 13.4. The minimum Gasteiger partial charge on any atom is -0.346 e. The monoisotopic (exact) mass is 268 g/mol. The Labute approximate surface area is 108 Å². The number of benzene rings is 1. The third-order valence-corrected chi connectivity index (χ3v) is 3.12. The number of carbonyl (C=O) groups excluding carboxylic acids is 1. The van der Waals surface area contributed by atoms with E-state index in [4.69, 9.17) is 5.26 Å². The van der Waals surface area contributed by atoms with Gasteiger partial charge < -0.3 is 5.32 Å². The van der Waals surface area contributed by atoms with E-state index in [0.717, 1.165) is 6.07 Å². The van der Waals surface area contributed by atoms with E-state index in [2.05, 4.69) is 5.32 Å². The van der Waals surface area contributed by atoms with Crippen molar-refractivity contribution >= 4 is 5.91 Å². The number of carbonyl (C=O) groups is 1. The van der Waals surface area contributed by atoms with Crippen LogP contribution in [0.5, 0.6) is 0 Å². The lowest BCUT2D eigenvalue weighted by Gasteiger charge is -2.21. The summed E-state index contributed by atoms with van der Waals surface area (Å²) in [6.07, 6.45) is -3.89. The summed E-state index contributed by atoms with van der Waals surface area (Å²) >= 11 is 0. The van der Waals surface area contributed by atoms with Gasteiger partial charge in [-0.25, -0.2) is 0 Å². The van der Waals surface area contributed by atoms with Crippen LogP contribution in [0.2, 0.25) is 0 Å². The molecule has 1 N–H and O–H groups in total. The maximum absolute atomic E-state index is 12.9. The van der Waals surface area contributed by atoms with Crippen LogP contribution in [0.15, 0.2) is 24.3 Å². The van der Waals surface area contributed by atoms with Gasteiger partial charge in [-0.2, -0.15) is 18.4 Å². The van der Waals surface area contributed by atoms with Gasteiger partial charge in [0.05, 0.1) is 17.2 Å². The molecule has 1 amide bonds. The van der Waals surface area contributed by atoms with E-state index in [9.17, 15) is 18.0 Å². The zero-order valence-corrected chi connectivity index (χ0v) is 9.92. The molecule has 0 bridgehead atoms. The van der Waals surface area contributed by atoms with Crippen molar-refractivity contribution in [2.24, 2.45) is 0 Å². The number of hydrogen-bond acceptors (Lipinski definition) is 2. The summed E-state index contributed by atoms with van der Waals surface area (Å²) in [5.41, 5.74) is -1.61. The SMILES string of the molecule is N#CCC(=O)NC1(c2ccccc2C(F)(F)F)CC1. The van der Waals surface area contributed by atoms with Gasteiger partial charge in [0, 0.05) is 0 Å². The molecule has 0 atom stereocenters. The van der Waals surface area contributed by atoms with Gasteiger partial charge in [0.25, 0.3) is 0 Å². The normalized spacial score (nSPS) is 16.5. The van der Waals surface area contributed by atoms with Crippen molar-refractivity contribution < 1.29 is 18.0 Å². The predicted molar refractivity (Wildman–Crippen MR) is 60.7 cm³/mol. The molecule has 6 heteroatoms. The second-order valence-electron chi connectivity index (χ2n) is 4.51. The standard InChI is InChI=1S/C13H11F3N2O/c14-13(15,16)10-4-2-1-3-9(10)12(6-7-12)18-11(19)5-8-17/h1-4H,5-7H2,(H,18,19). The van der Waals surface area contributed by atoms with Crippen LogP contribution >= 0.6 is 0 Å². The molecular weight excluding hydrogens is 257 g/mol. The number of nitriles is 1. The van der Waals surface area contributed by atoms with Crippen molar-refractivity contribution in [1.29, 1.82) is 5.26 Å². The molecule has 1 aromatic rings. The van der Waals surface area contributed by atoms with E-state index in [1.807, 2.05) is 0 Å². The van der Waals surface area contributed by atoms with Gasteiger partial charge in [0.2, 0.25) is 5.91 Å². The summed E-state index contributed by atoms with van der Waals surface area (Å²) in [5.74, 6) is -0.544. The topological polar surface area (TPSA) is 52.9 Å². The molecule has 2 rings (SSSR count). The van der Waals surface area contributed by atoms with Crippen molar-refractivity contribution in [1.82, 2.24) is 5.32 Å². The number of nitrogens with zero attached hydrogens (tertiary/aromatic N) is 1. The van der Waals surface area contributed by atoms with Crippen molar-refractivity contribution in [3.63, 3.8) is 0 Å². The molecular formula is C13H11F3N2O. The van der Waals surface area contributed by atoms with E-state index < -0.39 is 23.2 Å². The molecule has 3 nitrogen and oxygen atoms in total. The van der Waals surface area contributed by atoms with Crippen LogP contribution < -0.4 is 5.32 Å². The van der Waals surface area contributed by atoms with E-state index >= 15 is 0 Å². The Hall–Kier alpha value is -2.03. The molecule has 0 saturated heterocycles. The third kappa shape index (κ3) is 2.70. The molecule has 1 aromatic carbocycles. The van der Waals surface area contributed by atoms with E-state index in [1.165, 1.54) is 18.2 Å². The highest BCUT2D eigenvalue weighted by molar-refractivity contribution is 5.79. The Morgan fingerprint density at radius 3 is 2.53 bits per heavy atom. The Bertz CT molecular complexity index is 542. The molecule has 0 unspecified atom stereocenters. The predicted octanol–water partition coefficient (Wildman–Crippen LogP) is 2.72. The lowest BCUT2D eigenvalue weighted by Crippen LogP contribution is -2.36. The fourth-order valence-electron chi connectivity index (χ4n) is 2.12. The molecule has 0 aliphatic heterocycles. The summed E-state index contributed by atoms with van der Waals surface area (Å²) in [5, 5.41) is 11.0. The summed E-state index contributed by atoms with van der Waals surface area (Å²) < 4.78 is 38.8. The van der Waals surface area contributed by atoms with Crippen LogP contribution in [0.25, 0.3) is 0 Å².